The summed E-state index contributed by atoms with van der Waals surface area (Å²) in [5, 5.41) is 15.3. The van der Waals surface area contributed by atoms with Crippen LogP contribution in [0.1, 0.15) is 37.9 Å². The molecule has 0 bridgehead atoms. The Morgan fingerprint density at radius 1 is 1.27 bits per heavy atom. The first-order valence-electron chi connectivity index (χ1n) is 10.2. The van der Waals surface area contributed by atoms with Gasteiger partial charge in [0, 0.05) is 24.3 Å². The van der Waals surface area contributed by atoms with Crippen LogP contribution in [0.15, 0.2) is 24.3 Å². The molecule has 158 valence electrons. The van der Waals surface area contributed by atoms with E-state index in [1.54, 1.807) is 12.1 Å². The van der Waals surface area contributed by atoms with Crippen molar-refractivity contribution in [2.45, 2.75) is 44.6 Å². The first-order valence-corrected chi connectivity index (χ1v) is 10.2. The summed E-state index contributed by atoms with van der Waals surface area (Å²) in [6.07, 6.45) is 3.82. The van der Waals surface area contributed by atoms with Crippen molar-refractivity contribution in [1.82, 2.24) is 30.7 Å². The number of nitrogens with one attached hydrogen (secondary N) is 4. The molecule has 10 heteroatoms. The Balaban J connectivity index is 1.24. The third kappa shape index (κ3) is 3.98. The van der Waals surface area contributed by atoms with Gasteiger partial charge in [0.1, 0.15) is 11.4 Å². The van der Waals surface area contributed by atoms with Gasteiger partial charge in [-0.15, -0.1) is 0 Å². The van der Waals surface area contributed by atoms with Crippen LogP contribution < -0.4 is 16.0 Å². The molecule has 1 aromatic carbocycles. The van der Waals surface area contributed by atoms with E-state index in [2.05, 4.69) is 31.1 Å². The predicted molar refractivity (Wildman–Crippen MR) is 110 cm³/mol. The molecule has 1 aromatic heterocycles. The van der Waals surface area contributed by atoms with Crippen LogP contribution in [0, 0.1) is 6.92 Å². The lowest BCUT2D eigenvalue weighted by Crippen LogP contribution is -2.44. The van der Waals surface area contributed by atoms with Crippen molar-refractivity contribution >= 4 is 23.7 Å². The van der Waals surface area contributed by atoms with E-state index in [0.29, 0.717) is 43.1 Å². The molecule has 4 rings (SSSR count). The Bertz CT molecular complexity index is 965. The van der Waals surface area contributed by atoms with Crippen LogP contribution >= 0.6 is 0 Å². The van der Waals surface area contributed by atoms with Crippen molar-refractivity contribution in [3.8, 4) is 11.4 Å². The Morgan fingerprint density at radius 3 is 2.80 bits per heavy atom. The molecule has 2 aliphatic rings. The maximum absolute atomic E-state index is 12.6. The normalized spacial score (nSPS) is 17.4. The first kappa shape index (κ1) is 19.9. The molecule has 5 amide bonds. The molecule has 0 atom stereocenters. The molecule has 2 aromatic rings. The largest absolute Gasteiger partial charge is 0.338 e. The molecule has 1 saturated heterocycles. The number of benzene rings is 1. The Morgan fingerprint density at radius 2 is 2.07 bits per heavy atom. The first-order chi connectivity index (χ1) is 14.5. The topological polar surface area (TPSA) is 132 Å². The number of aryl methyl sites for hydroxylation is 1. The predicted octanol–water partition coefficient (Wildman–Crippen LogP) is 2.16. The van der Waals surface area contributed by atoms with Crippen molar-refractivity contribution in [2.75, 3.05) is 18.4 Å². The summed E-state index contributed by atoms with van der Waals surface area (Å²) in [6, 6.07) is 6.55. The summed E-state index contributed by atoms with van der Waals surface area (Å²) < 4.78 is 0. The molecule has 1 spiro atoms. The van der Waals surface area contributed by atoms with Crippen molar-refractivity contribution < 1.29 is 14.4 Å². The lowest BCUT2D eigenvalue weighted by Gasteiger charge is -2.20. The highest BCUT2D eigenvalue weighted by atomic mass is 16.2. The summed E-state index contributed by atoms with van der Waals surface area (Å²) in [4.78, 5) is 42.5. The fourth-order valence-corrected chi connectivity index (χ4v) is 4.02. The van der Waals surface area contributed by atoms with Crippen LogP contribution in [0.5, 0.6) is 0 Å². The number of carbonyl (C=O) groups is 3. The van der Waals surface area contributed by atoms with E-state index in [9.17, 15) is 14.4 Å². The van der Waals surface area contributed by atoms with Crippen LogP contribution in [0.2, 0.25) is 0 Å². The van der Waals surface area contributed by atoms with E-state index in [0.717, 1.165) is 18.4 Å². The number of aromatic nitrogens is 3. The molecule has 0 radical (unpaired) electrons. The number of hydrogen-bond acceptors (Lipinski definition) is 5. The standard InChI is InChI=1S/C20H25N7O3/c1-13-22-16(26-25-13)14-6-4-7-15(12-14)23-18(29)21-10-5-11-27-17(28)20(24-19(27)30)8-2-3-9-20/h4,6-7,12H,2-3,5,8-11H2,1H3,(H,24,30)(H2,21,23,29)(H,22,25,26). The van der Waals surface area contributed by atoms with E-state index >= 15 is 0 Å². The molecule has 4 N–H and O–H groups in total. The molecule has 10 nitrogen and oxygen atoms in total. The van der Waals surface area contributed by atoms with E-state index in [1.165, 1.54) is 4.90 Å². The van der Waals surface area contributed by atoms with Crippen molar-refractivity contribution in [3.63, 3.8) is 0 Å². The lowest BCUT2D eigenvalue weighted by atomic mass is 9.98. The highest BCUT2D eigenvalue weighted by Gasteiger charge is 2.51. The number of anilines is 1. The minimum atomic E-state index is -0.686. The van der Waals surface area contributed by atoms with Crippen LogP contribution in [0.25, 0.3) is 11.4 Å². The van der Waals surface area contributed by atoms with E-state index < -0.39 is 5.54 Å². The minimum Gasteiger partial charge on any atom is -0.338 e. The lowest BCUT2D eigenvalue weighted by molar-refractivity contribution is -0.131. The van der Waals surface area contributed by atoms with Gasteiger partial charge in [0.2, 0.25) is 0 Å². The smallest absolute Gasteiger partial charge is 0.325 e. The molecule has 30 heavy (non-hydrogen) atoms. The maximum atomic E-state index is 12.6. The van der Waals surface area contributed by atoms with E-state index in [4.69, 9.17) is 0 Å². The minimum absolute atomic E-state index is 0.131. The van der Waals surface area contributed by atoms with Crippen molar-refractivity contribution in [3.05, 3.63) is 30.1 Å². The highest BCUT2D eigenvalue weighted by molar-refractivity contribution is 6.07. The molecule has 2 heterocycles. The van der Waals surface area contributed by atoms with Crippen LogP contribution in [-0.2, 0) is 4.79 Å². The van der Waals surface area contributed by atoms with Gasteiger partial charge in [-0.05, 0) is 38.3 Å². The second kappa shape index (κ2) is 8.13. The van der Waals surface area contributed by atoms with Crippen LogP contribution in [0.4, 0.5) is 15.3 Å². The van der Waals surface area contributed by atoms with Gasteiger partial charge in [0.05, 0.1) is 0 Å². The molecule has 2 fully saturated rings. The second-order valence-corrected chi connectivity index (χ2v) is 7.74. The number of urea groups is 2. The number of aromatic amines is 1. The van der Waals surface area contributed by atoms with Gasteiger partial charge in [0.25, 0.3) is 5.91 Å². The van der Waals surface area contributed by atoms with Crippen LogP contribution in [-0.4, -0.2) is 56.7 Å². The Labute approximate surface area is 173 Å². The average Bonchev–Trinajstić information content (AvgIpc) is 3.42. The molecule has 1 aliphatic carbocycles. The van der Waals surface area contributed by atoms with Gasteiger partial charge in [-0.3, -0.25) is 14.8 Å². The second-order valence-electron chi connectivity index (χ2n) is 7.74. The fourth-order valence-electron chi connectivity index (χ4n) is 4.02. The van der Waals surface area contributed by atoms with Crippen molar-refractivity contribution in [1.29, 1.82) is 0 Å². The molecule has 1 saturated carbocycles. The molecule has 0 unspecified atom stereocenters. The monoisotopic (exact) mass is 411 g/mol. The van der Waals surface area contributed by atoms with Gasteiger partial charge in [-0.2, -0.15) is 5.10 Å². The molecular formula is C20H25N7O3. The van der Waals surface area contributed by atoms with Gasteiger partial charge in [-0.25, -0.2) is 14.6 Å². The Kier molecular flexibility index (Phi) is 5.39. The van der Waals surface area contributed by atoms with Gasteiger partial charge >= 0.3 is 12.1 Å². The summed E-state index contributed by atoms with van der Waals surface area (Å²) in [5.41, 5.74) is 0.718. The zero-order valence-corrected chi connectivity index (χ0v) is 16.8. The van der Waals surface area contributed by atoms with Crippen molar-refractivity contribution in [2.24, 2.45) is 0 Å². The summed E-state index contributed by atoms with van der Waals surface area (Å²) in [5.74, 6) is 1.14. The third-order valence-electron chi connectivity index (χ3n) is 5.52. The average molecular weight is 411 g/mol. The number of imide groups is 1. The SMILES string of the molecule is Cc1nc(-c2cccc(NC(=O)NCCCN3C(=O)NC4(CCCC4)C3=O)c2)n[nH]1. The number of carbonyl (C=O) groups excluding carboxylic acids is 3. The zero-order valence-electron chi connectivity index (χ0n) is 16.8. The number of nitrogens with zero attached hydrogens (tertiary/aromatic N) is 3. The number of hydrogen-bond donors (Lipinski definition) is 4. The van der Waals surface area contributed by atoms with Gasteiger partial charge in [0.15, 0.2) is 5.82 Å². The summed E-state index contributed by atoms with van der Waals surface area (Å²) in [6.45, 7) is 2.45. The number of rotatable bonds is 6. The van der Waals surface area contributed by atoms with E-state index in [-0.39, 0.29) is 24.5 Å². The quantitative estimate of drug-likeness (QED) is 0.427. The fraction of sp³-hybridized carbons (Fsp3) is 0.450. The number of H-pyrrole nitrogens is 1. The third-order valence-corrected chi connectivity index (χ3v) is 5.52. The molecule has 1 aliphatic heterocycles. The summed E-state index contributed by atoms with van der Waals surface area (Å²) >= 11 is 0. The van der Waals surface area contributed by atoms with Gasteiger partial charge in [-0.1, -0.05) is 25.0 Å². The summed E-state index contributed by atoms with van der Waals surface area (Å²) in [7, 11) is 0. The maximum Gasteiger partial charge on any atom is 0.325 e. The molecular weight excluding hydrogens is 386 g/mol. The zero-order chi connectivity index (χ0) is 21.1. The van der Waals surface area contributed by atoms with E-state index in [1.807, 2.05) is 19.1 Å². The van der Waals surface area contributed by atoms with Gasteiger partial charge < -0.3 is 16.0 Å². The number of amides is 5. The van der Waals surface area contributed by atoms with Crippen LogP contribution in [0.3, 0.4) is 0 Å². The Hall–Kier alpha value is -3.43. The highest BCUT2D eigenvalue weighted by Crippen LogP contribution is 2.34.